The Bertz CT molecular complexity index is 1490. The van der Waals surface area contributed by atoms with Crippen molar-refractivity contribution >= 4 is 28.4 Å². The van der Waals surface area contributed by atoms with Crippen molar-refractivity contribution in [1.82, 2.24) is 0 Å². The molecule has 0 heterocycles. The quantitative estimate of drug-likeness (QED) is 0.140. The molecule has 0 aliphatic rings. The van der Waals surface area contributed by atoms with Crippen LogP contribution in [0, 0.1) is 42.5 Å². The summed E-state index contributed by atoms with van der Waals surface area (Å²) in [6, 6.07) is 39.3. The molecule has 0 fully saturated rings. The Morgan fingerprint density at radius 2 is 0.816 bits per heavy atom. The van der Waals surface area contributed by atoms with Gasteiger partial charge < -0.3 is 14.9 Å². The number of rotatable bonds is 2. The average Bonchev–Trinajstić information content (AvgIpc) is 3.47. The molecule has 0 amide bonds. The zero-order valence-electron chi connectivity index (χ0n) is 23.4. The zero-order chi connectivity index (χ0) is 25.7. The zero-order valence-corrected chi connectivity index (χ0v) is 26.9. The molecule has 0 atom stereocenters. The van der Waals surface area contributed by atoms with Gasteiger partial charge in [0.05, 0.1) is 0 Å². The average molecular weight is 588 g/mol. The molecule has 0 saturated heterocycles. The van der Waals surface area contributed by atoms with Crippen molar-refractivity contribution in [3.63, 3.8) is 0 Å². The van der Waals surface area contributed by atoms with Crippen LogP contribution in [0.3, 0.4) is 0 Å². The summed E-state index contributed by atoms with van der Waals surface area (Å²) >= 11 is 1.36. The fourth-order valence-corrected chi connectivity index (χ4v) is 4.99. The third kappa shape index (κ3) is 6.79. The van der Waals surface area contributed by atoms with Gasteiger partial charge >= 0.3 is 30.2 Å². The molecule has 192 valence electrons. The van der Waals surface area contributed by atoms with Crippen LogP contribution in [0.5, 0.6) is 0 Å². The van der Waals surface area contributed by atoms with Crippen molar-refractivity contribution < 1.29 is 23.3 Å². The monoisotopic (exact) mass is 586 g/mol. The van der Waals surface area contributed by atoms with E-state index in [9.17, 15) is 0 Å². The summed E-state index contributed by atoms with van der Waals surface area (Å²) in [6.07, 6.45) is 0. The summed E-state index contributed by atoms with van der Waals surface area (Å²) in [5, 5.41) is 5.39. The molecule has 0 aromatic heterocycles. The first-order valence-corrected chi connectivity index (χ1v) is 16.4. The van der Waals surface area contributed by atoms with Gasteiger partial charge in [-0.25, -0.2) is 0 Å². The fraction of sp³-hybridized carbons (Fsp3) is 0.111. The van der Waals surface area contributed by atoms with Crippen LogP contribution in [-0.2, 0) is 23.3 Å². The second kappa shape index (κ2) is 14.4. The molecule has 0 N–H and O–H groups in total. The SMILES string of the molecule is Cc1cc2c(-c3ccccc3C)cccc2[cH-]1.Cc1cc2c(-c3ccccc3C)cccc2[cH-]1.[CH3-].[CH3-].[Si]=[Zr]. The van der Waals surface area contributed by atoms with Crippen LogP contribution in [0.2, 0.25) is 0 Å². The Morgan fingerprint density at radius 3 is 1.18 bits per heavy atom. The van der Waals surface area contributed by atoms with Crippen molar-refractivity contribution in [2.45, 2.75) is 27.7 Å². The maximum absolute atomic E-state index is 3.06. The molecule has 0 aliphatic heterocycles. The van der Waals surface area contributed by atoms with Crippen LogP contribution in [-0.4, -0.2) is 6.88 Å². The van der Waals surface area contributed by atoms with Crippen molar-refractivity contribution in [2.75, 3.05) is 0 Å². The summed E-state index contributed by atoms with van der Waals surface area (Å²) in [5.74, 6) is 0. The van der Waals surface area contributed by atoms with E-state index >= 15 is 0 Å². The van der Waals surface area contributed by atoms with Crippen LogP contribution < -0.4 is 0 Å². The van der Waals surface area contributed by atoms with Crippen LogP contribution in [0.4, 0.5) is 0 Å². The molecule has 0 aliphatic carbocycles. The van der Waals surface area contributed by atoms with E-state index in [2.05, 4.69) is 144 Å². The van der Waals surface area contributed by atoms with Crippen LogP contribution in [0.25, 0.3) is 43.8 Å². The van der Waals surface area contributed by atoms with E-state index in [1.165, 1.54) is 89.4 Å². The third-order valence-electron chi connectivity index (χ3n) is 6.66. The Morgan fingerprint density at radius 1 is 0.474 bits per heavy atom. The minimum atomic E-state index is 0. The molecular weight excluding hydrogens is 552 g/mol. The van der Waals surface area contributed by atoms with Crippen molar-refractivity contribution in [2.24, 2.45) is 0 Å². The summed E-state index contributed by atoms with van der Waals surface area (Å²) in [4.78, 5) is 0. The Labute approximate surface area is 246 Å². The van der Waals surface area contributed by atoms with Gasteiger partial charge in [0.25, 0.3) is 0 Å². The third-order valence-corrected chi connectivity index (χ3v) is 6.66. The van der Waals surface area contributed by atoms with E-state index in [0.717, 1.165) is 0 Å². The summed E-state index contributed by atoms with van der Waals surface area (Å²) < 4.78 is 0. The minimum absolute atomic E-state index is 0. The standard InChI is InChI=1S/2C17H15.2CH3.Si.Zr/c2*1-12-10-14-7-5-9-16(17(14)11-12)15-8-4-3-6-13(15)2;;;;/h2*3-11H,1-2H3;2*1H3;;/q4*-1;;. The number of hydrogen-bond acceptors (Lipinski definition) is 0. The van der Waals surface area contributed by atoms with E-state index in [4.69, 9.17) is 0 Å². The second-order valence-electron chi connectivity index (χ2n) is 9.31. The van der Waals surface area contributed by atoms with Gasteiger partial charge in [-0.15, -0.1) is 69.1 Å². The molecule has 2 radical (unpaired) electrons. The van der Waals surface area contributed by atoms with E-state index in [1.54, 1.807) is 0 Å². The van der Waals surface area contributed by atoms with Gasteiger partial charge in [-0.05, 0) is 36.1 Å². The van der Waals surface area contributed by atoms with E-state index in [0.29, 0.717) is 0 Å². The second-order valence-corrected chi connectivity index (χ2v) is 9.31. The van der Waals surface area contributed by atoms with Crippen molar-refractivity contribution in [3.8, 4) is 22.3 Å². The van der Waals surface area contributed by atoms with Crippen LogP contribution in [0.1, 0.15) is 22.3 Å². The Hall–Kier alpha value is -2.80. The topological polar surface area (TPSA) is 0 Å². The van der Waals surface area contributed by atoms with E-state index < -0.39 is 0 Å². The van der Waals surface area contributed by atoms with Crippen LogP contribution in [0.15, 0.2) is 109 Å². The van der Waals surface area contributed by atoms with Gasteiger partial charge in [-0.2, -0.15) is 12.1 Å². The molecule has 6 aromatic rings. The molecule has 38 heavy (non-hydrogen) atoms. The number of hydrogen-bond donors (Lipinski definition) is 0. The van der Waals surface area contributed by atoms with Gasteiger partial charge in [-0.1, -0.05) is 85.6 Å². The molecule has 6 aromatic carbocycles. The van der Waals surface area contributed by atoms with Gasteiger partial charge in [0.15, 0.2) is 0 Å². The van der Waals surface area contributed by atoms with Gasteiger partial charge in [-0.3, -0.25) is 0 Å². The van der Waals surface area contributed by atoms with Gasteiger partial charge in [0.2, 0.25) is 0 Å². The summed E-state index contributed by atoms with van der Waals surface area (Å²) in [7, 11) is 0. The first kappa shape index (κ1) is 31.4. The molecule has 6 rings (SSSR count). The normalized spacial score (nSPS) is 9.87. The Kier molecular flexibility index (Phi) is 11.9. The Balaban J connectivity index is 0.000000239. The van der Waals surface area contributed by atoms with Gasteiger partial charge in [0.1, 0.15) is 0 Å². The van der Waals surface area contributed by atoms with E-state index in [1.807, 2.05) is 0 Å². The first-order valence-electron chi connectivity index (χ1n) is 12.2. The van der Waals surface area contributed by atoms with Gasteiger partial charge in [0, 0.05) is 0 Å². The molecule has 0 bridgehead atoms. The predicted molar refractivity (Wildman–Crippen MR) is 167 cm³/mol. The summed E-state index contributed by atoms with van der Waals surface area (Å²) in [6.45, 7) is 11.7. The number of benzene rings is 4. The predicted octanol–water partition coefficient (Wildman–Crippen LogP) is 10.2. The number of aryl methyl sites for hydroxylation is 4. The fourth-order valence-electron chi connectivity index (χ4n) is 4.99. The molecule has 2 heteroatoms. The van der Waals surface area contributed by atoms with Crippen LogP contribution >= 0.6 is 0 Å². The number of fused-ring (bicyclic) bond motifs is 2. The molecule has 0 spiro atoms. The molecular formula is C36H36SiZr-4. The maximum atomic E-state index is 3.06. The van der Waals surface area contributed by atoms with E-state index in [-0.39, 0.29) is 14.9 Å². The molecule has 0 saturated carbocycles. The molecule has 0 nitrogen and oxygen atoms in total. The van der Waals surface area contributed by atoms with Crippen molar-refractivity contribution in [3.05, 3.63) is 146 Å². The summed E-state index contributed by atoms with van der Waals surface area (Å²) in [5.41, 5.74) is 10.7. The first-order chi connectivity index (χ1) is 17.5. The van der Waals surface area contributed by atoms with Crippen molar-refractivity contribution in [1.29, 1.82) is 0 Å². The molecule has 0 unspecified atom stereocenters.